The van der Waals surface area contributed by atoms with Gasteiger partial charge in [-0.1, -0.05) is 26.0 Å². The number of benzene rings is 2. The van der Waals surface area contributed by atoms with Crippen LogP contribution in [-0.4, -0.2) is 46.6 Å². The van der Waals surface area contributed by atoms with Gasteiger partial charge in [-0.05, 0) is 92.6 Å². The van der Waals surface area contributed by atoms with Gasteiger partial charge in [-0.25, -0.2) is 9.37 Å². The van der Waals surface area contributed by atoms with Gasteiger partial charge in [0.1, 0.15) is 17.2 Å². The molecule has 5 rings (SSSR count). The van der Waals surface area contributed by atoms with Crippen molar-refractivity contribution in [2.24, 2.45) is 5.92 Å². The van der Waals surface area contributed by atoms with E-state index in [1.807, 2.05) is 18.2 Å². The van der Waals surface area contributed by atoms with E-state index in [1.54, 1.807) is 12.1 Å². The molecule has 0 spiro atoms. The highest BCUT2D eigenvalue weighted by Gasteiger charge is 2.42. The maximum atomic E-state index is 14.3. The SMILES string of the molecule is CC(C)c1cc(F)cc2c1C[C@](CCN(C)CCCc1nc3ccccc3[nH]1)(OC(=O)C1CC1)CC2. The Hall–Kier alpha value is -2.73. The fourth-order valence-electron chi connectivity index (χ4n) is 5.56. The van der Waals surface area contributed by atoms with E-state index in [0.29, 0.717) is 6.42 Å². The molecule has 0 saturated heterocycles. The quantitative estimate of drug-likeness (QED) is 0.356. The molecule has 0 bridgehead atoms. The summed E-state index contributed by atoms with van der Waals surface area (Å²) in [6, 6.07) is 11.5. The maximum Gasteiger partial charge on any atom is 0.309 e. The topological polar surface area (TPSA) is 58.2 Å². The summed E-state index contributed by atoms with van der Waals surface area (Å²) in [5, 5.41) is 0. The number of para-hydroxylation sites is 2. The summed E-state index contributed by atoms with van der Waals surface area (Å²) in [6.07, 6.45) is 6.77. The summed E-state index contributed by atoms with van der Waals surface area (Å²) in [6.45, 7) is 6.02. The van der Waals surface area contributed by atoms with Crippen LogP contribution in [0.1, 0.15) is 74.4 Å². The van der Waals surface area contributed by atoms with Gasteiger partial charge < -0.3 is 14.6 Å². The Kier molecular flexibility index (Phi) is 7.16. The normalized spacial score (nSPS) is 19.7. The third kappa shape index (κ3) is 5.64. The van der Waals surface area contributed by atoms with Crippen LogP contribution in [0.15, 0.2) is 36.4 Å². The summed E-state index contributed by atoms with van der Waals surface area (Å²) in [5.41, 5.74) is 4.90. The average Bonchev–Trinajstić information content (AvgIpc) is 3.62. The molecule has 1 saturated carbocycles. The number of nitrogens with zero attached hydrogens (tertiary/aromatic N) is 2. The monoisotopic (exact) mass is 491 g/mol. The lowest BCUT2D eigenvalue weighted by Crippen LogP contribution is -2.44. The molecule has 0 aliphatic heterocycles. The van der Waals surface area contributed by atoms with E-state index in [-0.39, 0.29) is 23.6 Å². The second kappa shape index (κ2) is 10.3. The van der Waals surface area contributed by atoms with E-state index >= 15 is 0 Å². The number of esters is 1. The van der Waals surface area contributed by atoms with E-state index in [2.05, 4.69) is 41.8 Å². The first-order valence-corrected chi connectivity index (χ1v) is 13.5. The predicted molar refractivity (Wildman–Crippen MR) is 141 cm³/mol. The Morgan fingerprint density at radius 2 is 2.06 bits per heavy atom. The number of aromatic amines is 1. The lowest BCUT2D eigenvalue weighted by molar-refractivity contribution is -0.164. The van der Waals surface area contributed by atoms with Crippen molar-refractivity contribution < 1.29 is 13.9 Å². The number of hydrogen-bond donors (Lipinski definition) is 1. The highest BCUT2D eigenvalue weighted by molar-refractivity contribution is 5.75. The van der Waals surface area contributed by atoms with Crippen LogP contribution >= 0.6 is 0 Å². The number of imidazole rings is 1. The number of ether oxygens (including phenoxy) is 1. The van der Waals surface area contributed by atoms with Crippen molar-refractivity contribution in [3.05, 3.63) is 64.7 Å². The van der Waals surface area contributed by atoms with Crippen LogP contribution in [-0.2, 0) is 28.8 Å². The Morgan fingerprint density at radius 3 is 2.81 bits per heavy atom. The maximum absolute atomic E-state index is 14.3. The van der Waals surface area contributed by atoms with Crippen molar-refractivity contribution in [3.63, 3.8) is 0 Å². The van der Waals surface area contributed by atoms with E-state index < -0.39 is 5.60 Å². The molecule has 1 atom stereocenters. The molecule has 1 aromatic heterocycles. The lowest BCUT2D eigenvalue weighted by atomic mass is 9.75. The first-order valence-electron chi connectivity index (χ1n) is 13.5. The Labute approximate surface area is 213 Å². The van der Waals surface area contributed by atoms with Crippen molar-refractivity contribution in [1.82, 2.24) is 14.9 Å². The molecule has 5 nitrogen and oxygen atoms in total. The minimum Gasteiger partial charge on any atom is -0.458 e. The van der Waals surface area contributed by atoms with Crippen LogP contribution in [0.5, 0.6) is 0 Å². The Morgan fingerprint density at radius 1 is 1.25 bits per heavy atom. The number of carbonyl (C=O) groups is 1. The molecular weight excluding hydrogens is 453 g/mol. The highest BCUT2D eigenvalue weighted by atomic mass is 19.1. The van der Waals surface area contributed by atoms with Crippen molar-refractivity contribution in [2.75, 3.05) is 20.1 Å². The van der Waals surface area contributed by atoms with Crippen molar-refractivity contribution in [2.45, 2.75) is 76.7 Å². The van der Waals surface area contributed by atoms with Gasteiger partial charge in [0, 0.05) is 25.8 Å². The molecule has 1 N–H and O–H groups in total. The molecule has 6 heteroatoms. The lowest BCUT2D eigenvalue weighted by Gasteiger charge is -2.40. The first kappa shape index (κ1) is 24.9. The number of H-pyrrole nitrogens is 1. The predicted octanol–water partition coefficient (Wildman–Crippen LogP) is 5.96. The van der Waals surface area contributed by atoms with E-state index in [4.69, 9.17) is 4.74 Å². The molecule has 2 aromatic carbocycles. The standard InChI is InChI=1S/C30H38FN3O2/c1-20(2)24-18-23(31)17-22-12-13-30(19-25(22)24,36-29(35)21-10-11-21)14-16-34(3)15-6-9-28-32-26-7-4-5-8-27(26)33-28/h4-5,7-8,17-18,20-21H,6,9-16,19H2,1-3H3,(H,32,33)/t30-/m0/s1. The zero-order valence-corrected chi connectivity index (χ0v) is 21.8. The molecule has 1 fully saturated rings. The van der Waals surface area contributed by atoms with Crippen LogP contribution in [0.4, 0.5) is 4.39 Å². The number of fused-ring (bicyclic) bond motifs is 2. The molecule has 3 aromatic rings. The molecule has 2 aliphatic carbocycles. The van der Waals surface area contributed by atoms with E-state index in [1.165, 1.54) is 5.56 Å². The van der Waals surface area contributed by atoms with Crippen molar-refractivity contribution >= 4 is 17.0 Å². The average molecular weight is 492 g/mol. The van der Waals surface area contributed by atoms with Crippen LogP contribution in [0, 0.1) is 11.7 Å². The van der Waals surface area contributed by atoms with Gasteiger partial charge in [-0.15, -0.1) is 0 Å². The van der Waals surface area contributed by atoms with Crippen LogP contribution in [0.2, 0.25) is 0 Å². The van der Waals surface area contributed by atoms with Gasteiger partial charge in [0.2, 0.25) is 0 Å². The van der Waals surface area contributed by atoms with E-state index in [0.717, 1.165) is 86.0 Å². The smallest absolute Gasteiger partial charge is 0.309 e. The van der Waals surface area contributed by atoms with Gasteiger partial charge >= 0.3 is 5.97 Å². The Balaban J connectivity index is 1.23. The van der Waals surface area contributed by atoms with Crippen molar-refractivity contribution in [1.29, 1.82) is 0 Å². The summed E-state index contributed by atoms with van der Waals surface area (Å²) in [4.78, 5) is 23.2. The minimum absolute atomic E-state index is 0.0424. The third-order valence-corrected chi connectivity index (χ3v) is 7.88. The molecule has 0 radical (unpaired) electrons. The number of aryl methyl sites for hydroxylation is 2. The highest BCUT2D eigenvalue weighted by Crippen LogP contribution is 2.41. The summed E-state index contributed by atoms with van der Waals surface area (Å²) in [5.74, 6) is 1.12. The van der Waals surface area contributed by atoms with Gasteiger partial charge in [0.05, 0.1) is 17.0 Å². The van der Waals surface area contributed by atoms with Crippen LogP contribution < -0.4 is 0 Å². The number of hydrogen-bond acceptors (Lipinski definition) is 4. The van der Waals surface area contributed by atoms with Gasteiger partial charge in [-0.2, -0.15) is 0 Å². The number of aromatic nitrogens is 2. The number of halogens is 1. The zero-order chi connectivity index (χ0) is 25.3. The fraction of sp³-hybridized carbons (Fsp3) is 0.533. The molecule has 0 amide bonds. The summed E-state index contributed by atoms with van der Waals surface area (Å²) < 4.78 is 20.6. The largest absolute Gasteiger partial charge is 0.458 e. The van der Waals surface area contributed by atoms with Crippen molar-refractivity contribution in [3.8, 4) is 0 Å². The molecule has 0 unspecified atom stereocenters. The van der Waals surface area contributed by atoms with Crippen LogP contribution in [0.3, 0.4) is 0 Å². The van der Waals surface area contributed by atoms with Gasteiger partial charge in [0.25, 0.3) is 0 Å². The van der Waals surface area contributed by atoms with Crippen LogP contribution in [0.25, 0.3) is 11.0 Å². The second-order valence-electron chi connectivity index (χ2n) is 11.2. The molecule has 2 aliphatic rings. The number of rotatable bonds is 10. The third-order valence-electron chi connectivity index (χ3n) is 7.88. The van der Waals surface area contributed by atoms with Gasteiger partial charge in [0.15, 0.2) is 0 Å². The fourth-order valence-corrected chi connectivity index (χ4v) is 5.56. The number of carbonyl (C=O) groups excluding carboxylic acids is 1. The minimum atomic E-state index is -0.513. The first-order chi connectivity index (χ1) is 17.3. The molecule has 36 heavy (non-hydrogen) atoms. The number of nitrogens with one attached hydrogen (secondary N) is 1. The summed E-state index contributed by atoms with van der Waals surface area (Å²) >= 11 is 0. The summed E-state index contributed by atoms with van der Waals surface area (Å²) in [7, 11) is 2.14. The van der Waals surface area contributed by atoms with E-state index in [9.17, 15) is 9.18 Å². The molecule has 1 heterocycles. The van der Waals surface area contributed by atoms with Gasteiger partial charge in [-0.3, -0.25) is 4.79 Å². The Bertz CT molecular complexity index is 1200. The molecular formula is C30H38FN3O2. The second-order valence-corrected chi connectivity index (χ2v) is 11.2. The zero-order valence-electron chi connectivity index (χ0n) is 21.8. The molecule has 192 valence electrons.